The van der Waals surface area contributed by atoms with Crippen LogP contribution in [0.5, 0.6) is 0 Å². The van der Waals surface area contributed by atoms with Gasteiger partial charge in [-0.2, -0.15) is 0 Å². The predicted molar refractivity (Wildman–Crippen MR) is 77.4 cm³/mol. The third-order valence-electron chi connectivity index (χ3n) is 2.91. The minimum absolute atomic E-state index is 0.0321. The Bertz CT molecular complexity index is 566. The van der Waals surface area contributed by atoms with Crippen molar-refractivity contribution in [3.63, 3.8) is 0 Å². The molecule has 0 amide bonds. The topological polar surface area (TPSA) is 20.2 Å². The molecule has 18 heavy (non-hydrogen) atoms. The van der Waals surface area contributed by atoms with Gasteiger partial charge < -0.3 is 5.11 Å². The molecule has 0 aliphatic rings. The van der Waals surface area contributed by atoms with Gasteiger partial charge in [0.2, 0.25) is 0 Å². The smallest absolute Gasteiger partial charge is 0.0692 e. The fourth-order valence-electron chi connectivity index (χ4n) is 1.66. The summed E-state index contributed by atoms with van der Waals surface area (Å²) in [6.45, 7) is 4.23. The molecule has 0 aliphatic heterocycles. The Morgan fingerprint density at radius 1 is 1.06 bits per heavy atom. The van der Waals surface area contributed by atoms with E-state index in [2.05, 4.69) is 32.0 Å². The first-order chi connectivity index (χ1) is 8.60. The summed E-state index contributed by atoms with van der Waals surface area (Å²) in [6, 6.07) is 11.9. The van der Waals surface area contributed by atoms with Gasteiger partial charge in [-0.15, -0.1) is 0 Å². The van der Waals surface area contributed by atoms with E-state index in [1.54, 1.807) is 17.8 Å². The maximum absolute atomic E-state index is 9.33. The van der Waals surface area contributed by atoms with Gasteiger partial charge in [-0.25, -0.2) is 0 Å². The van der Waals surface area contributed by atoms with E-state index in [1.165, 1.54) is 11.1 Å². The third-order valence-corrected chi connectivity index (χ3v) is 4.23. The van der Waals surface area contributed by atoms with Gasteiger partial charge >= 0.3 is 0 Å². The molecule has 2 aromatic rings. The lowest BCUT2D eigenvalue weighted by atomic mass is 10.1. The average Bonchev–Trinajstić information content (AvgIpc) is 2.34. The van der Waals surface area contributed by atoms with E-state index in [1.807, 2.05) is 12.1 Å². The van der Waals surface area contributed by atoms with Gasteiger partial charge in [0.1, 0.15) is 0 Å². The first-order valence-corrected chi connectivity index (χ1v) is 6.94. The molecule has 0 aromatic heterocycles. The lowest BCUT2D eigenvalue weighted by molar-refractivity contribution is 0.279. The van der Waals surface area contributed by atoms with Gasteiger partial charge in [-0.05, 0) is 54.8 Å². The van der Waals surface area contributed by atoms with E-state index in [-0.39, 0.29) is 6.61 Å². The Morgan fingerprint density at radius 3 is 2.50 bits per heavy atom. The van der Waals surface area contributed by atoms with Crippen LogP contribution in [0.1, 0.15) is 16.7 Å². The van der Waals surface area contributed by atoms with Gasteiger partial charge in [-0.1, -0.05) is 35.5 Å². The third kappa shape index (κ3) is 3.08. The zero-order valence-electron chi connectivity index (χ0n) is 10.4. The zero-order chi connectivity index (χ0) is 13.1. The Labute approximate surface area is 117 Å². The average molecular weight is 279 g/mol. The van der Waals surface area contributed by atoms with Crippen LogP contribution in [0.15, 0.2) is 46.2 Å². The van der Waals surface area contributed by atoms with Crippen LogP contribution in [-0.4, -0.2) is 5.11 Å². The molecule has 0 radical (unpaired) electrons. The zero-order valence-corrected chi connectivity index (χ0v) is 12.0. The number of aryl methyl sites for hydroxylation is 2. The molecule has 1 N–H and O–H groups in total. The van der Waals surface area contributed by atoms with Gasteiger partial charge in [0.15, 0.2) is 0 Å². The fraction of sp³-hybridized carbons (Fsp3) is 0.200. The van der Waals surface area contributed by atoms with Gasteiger partial charge in [0.25, 0.3) is 0 Å². The van der Waals surface area contributed by atoms with Crippen LogP contribution in [0, 0.1) is 13.8 Å². The van der Waals surface area contributed by atoms with Gasteiger partial charge in [0.05, 0.1) is 6.61 Å². The summed E-state index contributed by atoms with van der Waals surface area (Å²) in [6.07, 6.45) is 0. The quantitative estimate of drug-likeness (QED) is 0.885. The molecule has 3 heteroatoms. The Hall–Kier alpha value is -0.960. The number of hydrogen-bond acceptors (Lipinski definition) is 2. The number of hydrogen-bond donors (Lipinski definition) is 1. The van der Waals surface area contributed by atoms with E-state index in [0.29, 0.717) is 5.02 Å². The minimum atomic E-state index is 0.0321. The maximum Gasteiger partial charge on any atom is 0.0692 e. The summed E-state index contributed by atoms with van der Waals surface area (Å²) in [7, 11) is 0. The van der Waals surface area contributed by atoms with E-state index in [0.717, 1.165) is 15.4 Å². The molecule has 0 atom stereocenters. The summed E-state index contributed by atoms with van der Waals surface area (Å²) in [4.78, 5) is 2.17. The summed E-state index contributed by atoms with van der Waals surface area (Å²) >= 11 is 7.63. The van der Waals surface area contributed by atoms with Crippen LogP contribution < -0.4 is 0 Å². The Morgan fingerprint density at radius 2 is 1.83 bits per heavy atom. The summed E-state index contributed by atoms with van der Waals surface area (Å²) in [5.41, 5.74) is 3.46. The van der Waals surface area contributed by atoms with Crippen LogP contribution >= 0.6 is 23.4 Å². The summed E-state index contributed by atoms with van der Waals surface area (Å²) < 4.78 is 0. The Balaban J connectivity index is 2.33. The predicted octanol–water partition coefficient (Wildman–Crippen LogP) is 4.60. The van der Waals surface area contributed by atoms with Crippen LogP contribution in [0.25, 0.3) is 0 Å². The first kappa shape index (κ1) is 13.5. The van der Waals surface area contributed by atoms with Crippen molar-refractivity contribution in [2.75, 3.05) is 0 Å². The highest BCUT2D eigenvalue weighted by atomic mass is 35.5. The summed E-state index contributed by atoms with van der Waals surface area (Å²) in [5, 5.41) is 10.0. The van der Waals surface area contributed by atoms with Crippen LogP contribution in [0.3, 0.4) is 0 Å². The van der Waals surface area contributed by atoms with Crippen molar-refractivity contribution < 1.29 is 5.11 Å². The molecular formula is C15H15ClOS. The van der Waals surface area contributed by atoms with Crippen LogP contribution in [0.4, 0.5) is 0 Å². The van der Waals surface area contributed by atoms with Crippen molar-refractivity contribution in [3.8, 4) is 0 Å². The second-order valence-corrected chi connectivity index (χ2v) is 5.81. The summed E-state index contributed by atoms with van der Waals surface area (Å²) in [5.74, 6) is 0. The molecule has 1 nitrogen and oxygen atoms in total. The van der Waals surface area contributed by atoms with Crippen LogP contribution in [0.2, 0.25) is 5.02 Å². The van der Waals surface area contributed by atoms with E-state index in [4.69, 9.17) is 11.6 Å². The van der Waals surface area contributed by atoms with Crippen molar-refractivity contribution in [2.24, 2.45) is 0 Å². The molecule has 0 saturated carbocycles. The molecule has 2 rings (SSSR count). The number of benzene rings is 2. The lowest BCUT2D eigenvalue weighted by Crippen LogP contribution is -1.88. The maximum atomic E-state index is 9.33. The number of aliphatic hydroxyl groups is 1. The highest BCUT2D eigenvalue weighted by Crippen LogP contribution is 2.33. The largest absolute Gasteiger partial charge is 0.392 e. The van der Waals surface area contributed by atoms with Gasteiger partial charge in [-0.3, -0.25) is 0 Å². The van der Waals surface area contributed by atoms with Crippen molar-refractivity contribution in [1.29, 1.82) is 0 Å². The van der Waals surface area contributed by atoms with Crippen molar-refractivity contribution in [2.45, 2.75) is 30.2 Å². The van der Waals surface area contributed by atoms with Gasteiger partial charge in [0, 0.05) is 14.8 Å². The highest BCUT2D eigenvalue weighted by Gasteiger charge is 2.05. The molecular weight excluding hydrogens is 264 g/mol. The SMILES string of the molecule is Cc1ccc(Sc2cc(Cl)ccc2CO)cc1C. The molecule has 0 fully saturated rings. The van der Waals surface area contributed by atoms with E-state index in [9.17, 15) is 5.11 Å². The fourth-order valence-corrected chi connectivity index (χ4v) is 2.97. The molecule has 0 unspecified atom stereocenters. The number of halogens is 1. The van der Waals surface area contributed by atoms with E-state index >= 15 is 0 Å². The molecule has 0 spiro atoms. The van der Waals surface area contributed by atoms with E-state index < -0.39 is 0 Å². The van der Waals surface area contributed by atoms with Crippen molar-refractivity contribution >= 4 is 23.4 Å². The number of aliphatic hydroxyl groups excluding tert-OH is 1. The highest BCUT2D eigenvalue weighted by molar-refractivity contribution is 7.99. The number of rotatable bonds is 3. The second kappa shape index (κ2) is 5.79. The molecule has 0 heterocycles. The normalized spacial score (nSPS) is 10.7. The molecule has 2 aromatic carbocycles. The second-order valence-electron chi connectivity index (χ2n) is 4.26. The lowest BCUT2D eigenvalue weighted by Gasteiger charge is -2.09. The molecule has 0 bridgehead atoms. The molecule has 0 saturated heterocycles. The molecule has 0 aliphatic carbocycles. The standard InChI is InChI=1S/C15H15ClOS/c1-10-3-6-14(7-11(10)2)18-15-8-13(16)5-4-12(15)9-17/h3-8,17H,9H2,1-2H3. The minimum Gasteiger partial charge on any atom is -0.392 e. The monoisotopic (exact) mass is 278 g/mol. The van der Waals surface area contributed by atoms with Crippen molar-refractivity contribution in [1.82, 2.24) is 0 Å². The Kier molecular flexibility index (Phi) is 4.33. The first-order valence-electron chi connectivity index (χ1n) is 5.74. The van der Waals surface area contributed by atoms with Crippen LogP contribution in [-0.2, 0) is 6.61 Å². The van der Waals surface area contributed by atoms with Crippen molar-refractivity contribution in [3.05, 3.63) is 58.1 Å². The molecule has 94 valence electrons.